The van der Waals surface area contributed by atoms with Crippen molar-refractivity contribution in [2.75, 3.05) is 18.2 Å². The second-order valence-electron chi connectivity index (χ2n) is 6.74. The third kappa shape index (κ3) is 4.81. The van der Waals surface area contributed by atoms with E-state index in [0.29, 0.717) is 21.1 Å². The number of nitrogens with one attached hydrogen (secondary N) is 1. The lowest BCUT2D eigenvalue weighted by molar-refractivity contribution is -0.113. The maximum Gasteiger partial charge on any atom is 0.272 e. The van der Waals surface area contributed by atoms with Gasteiger partial charge in [-0.25, -0.2) is 13.8 Å². The zero-order valence-electron chi connectivity index (χ0n) is 16.8. The number of thioether (sulfide) groups is 1. The van der Waals surface area contributed by atoms with Crippen molar-refractivity contribution < 1.29 is 18.3 Å². The minimum absolute atomic E-state index is 0.0702. The highest BCUT2D eigenvalue weighted by molar-refractivity contribution is 7.99. The van der Waals surface area contributed by atoms with Gasteiger partial charge in [0.2, 0.25) is 5.91 Å². The summed E-state index contributed by atoms with van der Waals surface area (Å²) >= 11 is 2.40. The molecule has 0 atom stereocenters. The molecular formula is C22H17F2N3O3S2. The molecule has 0 radical (unpaired) electrons. The standard InChI is InChI=1S/C22H17F2N3O3S2/c1-30-15-4-2-3-13(9-15)11-27-21(29)20-18(7-8-31-20)26-22(27)32-12-19(28)25-14-5-6-16(23)17(24)10-14/h2-10H,11-12H2,1H3,(H,25,28). The third-order valence-electron chi connectivity index (χ3n) is 4.54. The van der Waals surface area contributed by atoms with Crippen molar-refractivity contribution in [3.05, 3.63) is 81.5 Å². The minimum Gasteiger partial charge on any atom is -0.497 e. The molecule has 1 amide bonds. The fourth-order valence-electron chi connectivity index (χ4n) is 3.03. The summed E-state index contributed by atoms with van der Waals surface area (Å²) < 4.78 is 33.7. The predicted molar refractivity (Wildman–Crippen MR) is 122 cm³/mol. The topological polar surface area (TPSA) is 73.2 Å². The van der Waals surface area contributed by atoms with Gasteiger partial charge in [-0.2, -0.15) is 0 Å². The molecule has 0 fully saturated rings. The van der Waals surface area contributed by atoms with E-state index in [1.807, 2.05) is 24.3 Å². The Balaban J connectivity index is 1.58. The Kier molecular flexibility index (Phi) is 6.52. The number of benzene rings is 2. The largest absolute Gasteiger partial charge is 0.497 e. The first-order valence-corrected chi connectivity index (χ1v) is 11.3. The molecular weight excluding hydrogens is 456 g/mol. The summed E-state index contributed by atoms with van der Waals surface area (Å²) in [5.41, 5.74) is 1.35. The number of methoxy groups -OCH3 is 1. The van der Waals surface area contributed by atoms with Crippen LogP contribution in [0.4, 0.5) is 14.5 Å². The van der Waals surface area contributed by atoms with E-state index < -0.39 is 17.5 Å². The van der Waals surface area contributed by atoms with E-state index in [-0.39, 0.29) is 23.5 Å². The van der Waals surface area contributed by atoms with Crippen LogP contribution in [0.1, 0.15) is 5.56 Å². The number of amides is 1. The number of hydrogen-bond donors (Lipinski definition) is 1. The van der Waals surface area contributed by atoms with E-state index in [1.54, 1.807) is 18.6 Å². The number of rotatable bonds is 7. The van der Waals surface area contributed by atoms with Crippen molar-refractivity contribution in [3.8, 4) is 5.75 Å². The summed E-state index contributed by atoms with van der Waals surface area (Å²) in [6.07, 6.45) is 0. The Morgan fingerprint density at radius 1 is 1.19 bits per heavy atom. The zero-order chi connectivity index (χ0) is 22.7. The Morgan fingerprint density at radius 3 is 2.81 bits per heavy atom. The summed E-state index contributed by atoms with van der Waals surface area (Å²) in [6.45, 7) is 0.254. The van der Waals surface area contributed by atoms with E-state index in [1.165, 1.54) is 22.0 Å². The molecule has 0 saturated carbocycles. The lowest BCUT2D eigenvalue weighted by Crippen LogP contribution is -2.24. The number of nitrogens with zero attached hydrogens (tertiary/aromatic N) is 2. The van der Waals surface area contributed by atoms with Crippen LogP contribution >= 0.6 is 23.1 Å². The normalized spacial score (nSPS) is 11.0. The van der Waals surface area contributed by atoms with E-state index in [2.05, 4.69) is 10.3 Å². The molecule has 0 unspecified atom stereocenters. The van der Waals surface area contributed by atoms with Crippen LogP contribution in [0.3, 0.4) is 0 Å². The molecule has 6 nitrogen and oxygen atoms in total. The number of anilines is 1. The highest BCUT2D eigenvalue weighted by Crippen LogP contribution is 2.23. The molecule has 10 heteroatoms. The fourth-order valence-corrected chi connectivity index (χ4v) is 4.60. The van der Waals surface area contributed by atoms with Crippen LogP contribution < -0.4 is 15.6 Å². The maximum absolute atomic E-state index is 13.4. The van der Waals surface area contributed by atoms with Gasteiger partial charge in [-0.3, -0.25) is 14.2 Å². The molecule has 0 bridgehead atoms. The molecule has 164 valence electrons. The van der Waals surface area contributed by atoms with Gasteiger partial charge in [0, 0.05) is 11.8 Å². The summed E-state index contributed by atoms with van der Waals surface area (Å²) in [6, 6.07) is 12.2. The molecule has 1 N–H and O–H groups in total. The number of ether oxygens (including phenoxy) is 1. The van der Waals surface area contributed by atoms with Crippen LogP contribution in [-0.2, 0) is 11.3 Å². The van der Waals surface area contributed by atoms with E-state index in [0.717, 1.165) is 29.5 Å². The van der Waals surface area contributed by atoms with Gasteiger partial charge in [-0.1, -0.05) is 23.9 Å². The lowest BCUT2D eigenvalue weighted by Gasteiger charge is -2.13. The number of fused-ring (bicyclic) bond motifs is 1. The first-order chi connectivity index (χ1) is 15.4. The number of halogens is 2. The van der Waals surface area contributed by atoms with Gasteiger partial charge in [-0.05, 0) is 41.3 Å². The molecule has 2 aromatic carbocycles. The summed E-state index contributed by atoms with van der Waals surface area (Å²) in [7, 11) is 1.57. The molecule has 0 aliphatic carbocycles. The molecule has 4 aromatic rings. The smallest absolute Gasteiger partial charge is 0.272 e. The first-order valence-electron chi connectivity index (χ1n) is 9.43. The molecule has 4 rings (SSSR count). The molecule has 2 aromatic heterocycles. The van der Waals surface area contributed by atoms with E-state index in [9.17, 15) is 18.4 Å². The van der Waals surface area contributed by atoms with Gasteiger partial charge < -0.3 is 10.1 Å². The highest BCUT2D eigenvalue weighted by atomic mass is 32.2. The molecule has 0 aliphatic heterocycles. The monoisotopic (exact) mass is 473 g/mol. The van der Waals surface area contributed by atoms with Crippen molar-refractivity contribution in [2.24, 2.45) is 0 Å². The number of carbonyl (C=O) groups is 1. The summed E-state index contributed by atoms with van der Waals surface area (Å²) in [4.78, 5) is 30.0. The number of thiophene rings is 1. The predicted octanol–water partition coefficient (Wildman–Crippen LogP) is 4.52. The lowest BCUT2D eigenvalue weighted by atomic mass is 10.2. The number of carbonyl (C=O) groups excluding carboxylic acids is 1. The fraction of sp³-hybridized carbons (Fsp3) is 0.136. The number of hydrogen-bond acceptors (Lipinski definition) is 6. The Bertz CT molecular complexity index is 1350. The molecule has 2 heterocycles. The molecule has 0 aliphatic rings. The molecule has 32 heavy (non-hydrogen) atoms. The molecule has 0 saturated heterocycles. The van der Waals surface area contributed by atoms with Gasteiger partial charge in [0.15, 0.2) is 16.8 Å². The van der Waals surface area contributed by atoms with Gasteiger partial charge in [-0.15, -0.1) is 11.3 Å². The second-order valence-corrected chi connectivity index (χ2v) is 8.60. The Morgan fingerprint density at radius 2 is 2.03 bits per heavy atom. The van der Waals surface area contributed by atoms with Crippen molar-refractivity contribution in [1.82, 2.24) is 9.55 Å². The van der Waals surface area contributed by atoms with Gasteiger partial charge in [0.1, 0.15) is 10.4 Å². The van der Waals surface area contributed by atoms with Crippen molar-refractivity contribution in [2.45, 2.75) is 11.7 Å². The van der Waals surface area contributed by atoms with Crippen molar-refractivity contribution >= 4 is 44.9 Å². The van der Waals surface area contributed by atoms with Crippen LogP contribution in [0.2, 0.25) is 0 Å². The average molecular weight is 474 g/mol. The van der Waals surface area contributed by atoms with Crippen molar-refractivity contribution in [1.29, 1.82) is 0 Å². The Labute approximate surface area is 189 Å². The third-order valence-corrected chi connectivity index (χ3v) is 6.41. The second kappa shape index (κ2) is 9.49. The van der Waals surface area contributed by atoms with Gasteiger partial charge in [0.05, 0.1) is 24.9 Å². The van der Waals surface area contributed by atoms with Crippen LogP contribution in [-0.4, -0.2) is 28.3 Å². The zero-order valence-corrected chi connectivity index (χ0v) is 18.4. The van der Waals surface area contributed by atoms with Crippen LogP contribution in [0, 0.1) is 11.6 Å². The average Bonchev–Trinajstić information content (AvgIpc) is 3.26. The van der Waals surface area contributed by atoms with E-state index >= 15 is 0 Å². The summed E-state index contributed by atoms with van der Waals surface area (Å²) in [5.74, 6) is -1.88. The van der Waals surface area contributed by atoms with Gasteiger partial charge in [0.25, 0.3) is 5.56 Å². The van der Waals surface area contributed by atoms with Crippen LogP contribution in [0.15, 0.2) is 63.9 Å². The SMILES string of the molecule is COc1cccc(Cn2c(SCC(=O)Nc3ccc(F)c(F)c3)nc3ccsc3c2=O)c1. The van der Waals surface area contributed by atoms with Crippen molar-refractivity contribution in [3.63, 3.8) is 0 Å². The summed E-state index contributed by atoms with van der Waals surface area (Å²) in [5, 5.41) is 4.68. The quantitative estimate of drug-likeness (QED) is 0.316. The Hall–Kier alpha value is -3.24. The van der Waals surface area contributed by atoms with Crippen LogP contribution in [0.5, 0.6) is 5.75 Å². The molecule has 0 spiro atoms. The first kappa shape index (κ1) is 22.0. The van der Waals surface area contributed by atoms with E-state index in [4.69, 9.17) is 4.74 Å². The highest BCUT2D eigenvalue weighted by Gasteiger charge is 2.15. The minimum atomic E-state index is -1.05. The number of aromatic nitrogens is 2. The maximum atomic E-state index is 13.4. The van der Waals surface area contributed by atoms with Crippen LogP contribution in [0.25, 0.3) is 10.2 Å². The van der Waals surface area contributed by atoms with Gasteiger partial charge >= 0.3 is 0 Å².